The molecule has 5 atom stereocenters. The Morgan fingerprint density at radius 2 is 2.04 bits per heavy atom. The summed E-state index contributed by atoms with van der Waals surface area (Å²) in [6.45, 7) is 2.07. The molecule has 3 fully saturated rings. The minimum Gasteiger partial charge on any atom is -0.447 e. The lowest BCUT2D eigenvalue weighted by Gasteiger charge is -2.52. The van der Waals surface area contributed by atoms with Gasteiger partial charge in [0, 0.05) is 21.2 Å². The maximum Gasteiger partial charge on any atom is 0.217 e. The molecule has 132 valence electrons. The molecule has 4 rings (SSSR count). The highest BCUT2D eigenvalue weighted by Gasteiger charge is 2.80. The average molecular weight is 431 g/mol. The van der Waals surface area contributed by atoms with E-state index in [1.54, 1.807) is 6.07 Å². The maximum atomic E-state index is 10.2. The Bertz CT molecular complexity index is 911. The topological polar surface area (TPSA) is 114 Å². The number of nitrogens with zero attached hydrogens (tertiary/aromatic N) is 3. The minimum absolute atomic E-state index is 0.305. The molecule has 0 amide bonds. The zero-order valence-electron chi connectivity index (χ0n) is 14.0. The van der Waals surface area contributed by atoms with Crippen molar-refractivity contribution in [1.29, 1.82) is 21.2 Å². The molecule has 0 spiro atoms. The standard InChI is InChI=1S/C18H15BrN4O2S/c1-10-2-3-18-13(4-10)17(9-22,15(23)25-18)16(7-20,8-21)14(24-18)12-5-11(19)6-26-12/h5-6,10,13-14,23H,2-4H2,1H3. The predicted molar refractivity (Wildman–Crippen MR) is 95.6 cm³/mol. The van der Waals surface area contributed by atoms with Crippen LogP contribution in [0.2, 0.25) is 0 Å². The van der Waals surface area contributed by atoms with Gasteiger partial charge in [-0.25, -0.2) is 0 Å². The second kappa shape index (κ2) is 5.54. The van der Waals surface area contributed by atoms with Crippen LogP contribution in [0.5, 0.6) is 0 Å². The molecule has 1 aliphatic carbocycles. The summed E-state index contributed by atoms with van der Waals surface area (Å²) in [7, 11) is 0. The molecule has 1 saturated carbocycles. The Morgan fingerprint density at radius 1 is 1.31 bits per heavy atom. The Kier molecular flexibility index (Phi) is 3.72. The molecule has 26 heavy (non-hydrogen) atoms. The van der Waals surface area contributed by atoms with Crippen molar-refractivity contribution in [2.45, 2.75) is 38.1 Å². The molecule has 6 nitrogen and oxygen atoms in total. The van der Waals surface area contributed by atoms with E-state index in [1.807, 2.05) is 5.38 Å². The van der Waals surface area contributed by atoms with E-state index in [9.17, 15) is 15.8 Å². The van der Waals surface area contributed by atoms with Gasteiger partial charge in [-0.15, -0.1) is 11.3 Å². The summed E-state index contributed by atoms with van der Waals surface area (Å²) >= 11 is 4.75. The fraction of sp³-hybridized carbons (Fsp3) is 0.556. The molecule has 2 saturated heterocycles. The number of ether oxygens (including phenoxy) is 2. The van der Waals surface area contributed by atoms with E-state index < -0.39 is 28.6 Å². The Labute approximate surface area is 163 Å². The number of rotatable bonds is 1. The van der Waals surface area contributed by atoms with E-state index in [-0.39, 0.29) is 5.90 Å². The molecule has 0 aromatic carbocycles. The van der Waals surface area contributed by atoms with Gasteiger partial charge < -0.3 is 9.47 Å². The Hall–Kier alpha value is -1.92. The zero-order valence-corrected chi connectivity index (χ0v) is 16.4. The van der Waals surface area contributed by atoms with Gasteiger partial charge in [0.15, 0.2) is 5.41 Å². The molecule has 5 unspecified atom stereocenters. The average Bonchev–Trinajstić information content (AvgIpc) is 3.13. The van der Waals surface area contributed by atoms with Crippen LogP contribution >= 0.6 is 27.3 Å². The summed E-state index contributed by atoms with van der Waals surface area (Å²) in [4.78, 5) is 0.675. The molecular formula is C18H15BrN4O2S. The van der Waals surface area contributed by atoms with Crippen molar-refractivity contribution in [3.05, 3.63) is 20.8 Å². The smallest absolute Gasteiger partial charge is 0.217 e. The third kappa shape index (κ3) is 1.84. The molecule has 1 N–H and O–H groups in total. The molecule has 2 aliphatic heterocycles. The van der Waals surface area contributed by atoms with Crippen LogP contribution in [0.15, 0.2) is 15.9 Å². The number of hydrogen-bond acceptors (Lipinski definition) is 7. The lowest BCUT2D eigenvalue weighted by molar-refractivity contribution is -0.297. The van der Waals surface area contributed by atoms with Crippen molar-refractivity contribution >= 4 is 33.2 Å². The number of thiophene rings is 1. The Morgan fingerprint density at radius 3 is 2.62 bits per heavy atom. The van der Waals surface area contributed by atoms with E-state index in [2.05, 4.69) is 41.1 Å². The summed E-state index contributed by atoms with van der Waals surface area (Å²) < 4.78 is 13.0. The van der Waals surface area contributed by atoms with E-state index >= 15 is 0 Å². The Balaban J connectivity index is 2.00. The van der Waals surface area contributed by atoms with Crippen molar-refractivity contribution < 1.29 is 9.47 Å². The molecule has 0 radical (unpaired) electrons. The number of halogens is 1. The van der Waals surface area contributed by atoms with Gasteiger partial charge in [0.05, 0.1) is 24.1 Å². The van der Waals surface area contributed by atoms with Crippen LogP contribution in [-0.4, -0.2) is 11.7 Å². The van der Waals surface area contributed by atoms with Gasteiger partial charge in [-0.2, -0.15) is 15.8 Å². The van der Waals surface area contributed by atoms with Gasteiger partial charge in [-0.3, -0.25) is 5.41 Å². The van der Waals surface area contributed by atoms with Crippen LogP contribution in [0, 0.1) is 62.1 Å². The summed E-state index contributed by atoms with van der Waals surface area (Å²) in [6.07, 6.45) is 1.03. The molecule has 1 aromatic rings. The van der Waals surface area contributed by atoms with E-state index in [0.717, 1.165) is 10.9 Å². The van der Waals surface area contributed by atoms with Crippen LogP contribution in [0.3, 0.4) is 0 Å². The van der Waals surface area contributed by atoms with Gasteiger partial charge in [-0.05, 0) is 40.8 Å². The molecule has 3 aliphatic rings. The fourth-order valence-electron chi connectivity index (χ4n) is 4.75. The van der Waals surface area contributed by atoms with Crippen molar-refractivity contribution in [3.63, 3.8) is 0 Å². The van der Waals surface area contributed by atoms with Crippen LogP contribution in [0.25, 0.3) is 0 Å². The van der Waals surface area contributed by atoms with Crippen LogP contribution in [-0.2, 0) is 9.47 Å². The van der Waals surface area contributed by atoms with Crippen LogP contribution in [0.1, 0.15) is 37.2 Å². The maximum absolute atomic E-state index is 10.2. The summed E-state index contributed by atoms with van der Waals surface area (Å²) in [5.41, 5.74) is -3.48. The van der Waals surface area contributed by atoms with Gasteiger partial charge in [0.1, 0.15) is 6.10 Å². The highest BCUT2D eigenvalue weighted by atomic mass is 79.9. The molecule has 1 aromatic heterocycles. The minimum atomic E-state index is -1.84. The quantitative estimate of drug-likeness (QED) is 0.714. The van der Waals surface area contributed by atoms with Gasteiger partial charge in [0.25, 0.3) is 0 Å². The number of nitriles is 3. The normalized spacial score (nSPS) is 39.8. The monoisotopic (exact) mass is 430 g/mol. The first-order valence-electron chi connectivity index (χ1n) is 8.32. The van der Waals surface area contributed by atoms with Gasteiger partial charge in [-0.1, -0.05) is 6.92 Å². The van der Waals surface area contributed by atoms with E-state index in [4.69, 9.17) is 14.9 Å². The molecule has 3 heterocycles. The van der Waals surface area contributed by atoms with E-state index in [1.165, 1.54) is 11.3 Å². The highest BCUT2D eigenvalue weighted by Crippen LogP contribution is 2.70. The zero-order chi connectivity index (χ0) is 18.7. The summed E-state index contributed by atoms with van der Waals surface area (Å²) in [5.74, 6) is -1.62. The first kappa shape index (κ1) is 17.5. The van der Waals surface area contributed by atoms with Crippen LogP contribution in [0.4, 0.5) is 0 Å². The van der Waals surface area contributed by atoms with E-state index in [0.29, 0.717) is 23.6 Å². The SMILES string of the molecule is CC1CCC23OC(=N)C(C#N)(C2C1)C(C#N)(C#N)C(c1cc(Br)cs1)O3. The largest absolute Gasteiger partial charge is 0.447 e. The molecule has 2 bridgehead atoms. The number of hydrogen-bond donors (Lipinski definition) is 1. The summed E-state index contributed by atoms with van der Waals surface area (Å²) in [5, 5.41) is 40.7. The van der Waals surface area contributed by atoms with Gasteiger partial charge >= 0.3 is 0 Å². The number of nitrogens with one attached hydrogen (secondary N) is 1. The highest BCUT2D eigenvalue weighted by molar-refractivity contribution is 9.10. The lowest BCUT2D eigenvalue weighted by atomic mass is 9.51. The first-order chi connectivity index (χ1) is 12.4. The lowest BCUT2D eigenvalue weighted by Crippen LogP contribution is -2.60. The molecular weight excluding hydrogens is 416 g/mol. The summed E-state index contributed by atoms with van der Waals surface area (Å²) in [6, 6.07) is 8.15. The van der Waals surface area contributed by atoms with Crippen molar-refractivity contribution in [2.75, 3.05) is 0 Å². The van der Waals surface area contributed by atoms with Crippen molar-refractivity contribution in [3.8, 4) is 18.2 Å². The first-order valence-corrected chi connectivity index (χ1v) is 10.00. The van der Waals surface area contributed by atoms with Crippen molar-refractivity contribution in [2.24, 2.45) is 22.7 Å². The molecule has 8 heteroatoms. The third-order valence-electron chi connectivity index (χ3n) is 6.02. The fourth-order valence-corrected chi connectivity index (χ4v) is 6.29. The van der Waals surface area contributed by atoms with Crippen LogP contribution < -0.4 is 0 Å². The van der Waals surface area contributed by atoms with Gasteiger partial charge in [0.2, 0.25) is 17.1 Å². The second-order valence-electron chi connectivity index (χ2n) is 7.29. The second-order valence-corrected chi connectivity index (χ2v) is 9.15. The third-order valence-corrected chi connectivity index (χ3v) is 7.75. The predicted octanol–water partition coefficient (Wildman–Crippen LogP) is 4.27. The van der Waals surface area contributed by atoms with Crippen molar-refractivity contribution in [1.82, 2.24) is 0 Å².